The van der Waals surface area contributed by atoms with Gasteiger partial charge in [0, 0.05) is 5.56 Å². The Kier molecular flexibility index (Phi) is 13.6. The summed E-state index contributed by atoms with van der Waals surface area (Å²) >= 11 is 0. The normalized spacial score (nSPS) is 6.14. The molecular weight excluding hydrogens is 360 g/mol. The highest BCUT2D eigenvalue weighted by Gasteiger charge is 2.05. The van der Waals surface area contributed by atoms with Crippen LogP contribution in [0.2, 0.25) is 0 Å². The topological polar surface area (TPSA) is 46.5 Å². The number of benzene rings is 1. The maximum atomic E-state index is 10.5. The molecule has 0 heterocycles. The van der Waals surface area contributed by atoms with Gasteiger partial charge in [-0.25, -0.2) is 0 Å². The number of methoxy groups -OCH3 is 1. The van der Waals surface area contributed by atoms with Gasteiger partial charge in [-0.05, 0) is 114 Å². The number of aryl methyl sites for hydroxylation is 1. The molecule has 3 heteroatoms. The number of phenols is 1. The van der Waals surface area contributed by atoms with Crippen molar-refractivity contribution >= 4 is 6.29 Å². The number of hydrogen-bond acceptors (Lipinski definition) is 3. The van der Waals surface area contributed by atoms with E-state index in [1.807, 2.05) is 0 Å². The van der Waals surface area contributed by atoms with E-state index in [2.05, 4.69) is 88.8 Å². The molecule has 0 aliphatic heterocycles. The van der Waals surface area contributed by atoms with Crippen molar-refractivity contribution in [3.8, 4) is 107 Å². The molecular formula is C26H14O3. The first-order valence-corrected chi connectivity index (χ1v) is 7.80. The fourth-order valence-corrected chi connectivity index (χ4v) is 1.42. The molecule has 1 aromatic rings. The van der Waals surface area contributed by atoms with Gasteiger partial charge in [0.1, 0.15) is 6.29 Å². The van der Waals surface area contributed by atoms with E-state index in [0.717, 1.165) is 11.8 Å². The molecule has 0 saturated heterocycles. The Bertz CT molecular complexity index is 1220. The first-order chi connectivity index (χ1) is 14.1. The van der Waals surface area contributed by atoms with Crippen molar-refractivity contribution in [3.63, 3.8) is 0 Å². The highest BCUT2D eigenvalue weighted by Crippen LogP contribution is 2.28. The maximum Gasteiger partial charge on any atom is 0.161 e. The molecule has 0 unspecified atom stereocenters. The second kappa shape index (κ2) is 16.4. The smallest absolute Gasteiger partial charge is 0.161 e. The van der Waals surface area contributed by atoms with E-state index in [1.165, 1.54) is 19.2 Å². The largest absolute Gasteiger partial charge is 0.504 e. The Hall–Kier alpha value is -5.03. The van der Waals surface area contributed by atoms with E-state index in [1.54, 1.807) is 13.8 Å². The molecule has 0 spiro atoms. The van der Waals surface area contributed by atoms with Crippen molar-refractivity contribution in [1.82, 2.24) is 0 Å². The SMILES string of the molecule is C#CC#CC#CC#CC#CC#CC#CC#CC.COc1cc(C=O)c(C)cc1O. The summed E-state index contributed by atoms with van der Waals surface area (Å²) in [7, 11) is 1.44. The summed E-state index contributed by atoms with van der Waals surface area (Å²) in [4.78, 5) is 10.5. The standard InChI is InChI=1S/C17H4.C9H10O3/c1-3-5-7-9-11-13-15-17-16-14-12-10-8-6-4-2;1-6-3-8(11)9(12-2)4-7(6)5-10/h1H,2H3;3-5,11H,1-2H3. The molecule has 136 valence electrons. The van der Waals surface area contributed by atoms with Crippen LogP contribution in [0, 0.1) is 102 Å². The van der Waals surface area contributed by atoms with Gasteiger partial charge in [0.2, 0.25) is 0 Å². The van der Waals surface area contributed by atoms with Crippen LogP contribution in [-0.4, -0.2) is 18.5 Å². The van der Waals surface area contributed by atoms with Crippen molar-refractivity contribution in [2.24, 2.45) is 0 Å². The van der Waals surface area contributed by atoms with E-state index in [4.69, 9.17) is 11.2 Å². The van der Waals surface area contributed by atoms with E-state index >= 15 is 0 Å². The van der Waals surface area contributed by atoms with Crippen LogP contribution in [-0.2, 0) is 0 Å². The van der Waals surface area contributed by atoms with Crippen molar-refractivity contribution < 1.29 is 14.6 Å². The molecule has 0 atom stereocenters. The lowest BCUT2D eigenvalue weighted by molar-refractivity contribution is 0.112. The number of hydrogen-bond donors (Lipinski definition) is 1. The molecule has 0 saturated carbocycles. The van der Waals surface area contributed by atoms with Crippen LogP contribution >= 0.6 is 0 Å². The zero-order valence-corrected chi connectivity index (χ0v) is 16.1. The van der Waals surface area contributed by atoms with Gasteiger partial charge in [-0.2, -0.15) is 0 Å². The van der Waals surface area contributed by atoms with Crippen molar-refractivity contribution in [2.75, 3.05) is 7.11 Å². The zero-order valence-electron chi connectivity index (χ0n) is 16.1. The lowest BCUT2D eigenvalue weighted by atomic mass is 10.1. The molecule has 0 aliphatic carbocycles. The summed E-state index contributed by atoms with van der Waals surface area (Å²) in [5.74, 6) is 37.3. The van der Waals surface area contributed by atoms with Crippen LogP contribution in [0.4, 0.5) is 0 Å². The molecule has 0 aromatic heterocycles. The van der Waals surface area contributed by atoms with Gasteiger partial charge >= 0.3 is 0 Å². The summed E-state index contributed by atoms with van der Waals surface area (Å²) in [5.41, 5.74) is 1.27. The van der Waals surface area contributed by atoms with Crippen LogP contribution in [0.3, 0.4) is 0 Å². The van der Waals surface area contributed by atoms with Crippen LogP contribution in [0.5, 0.6) is 11.5 Å². The van der Waals surface area contributed by atoms with Gasteiger partial charge in [0.15, 0.2) is 11.5 Å². The molecule has 0 aliphatic rings. The highest BCUT2D eigenvalue weighted by atomic mass is 16.5. The number of phenolic OH excluding ortho intramolecular Hbond substituents is 1. The number of ether oxygens (including phenoxy) is 1. The quantitative estimate of drug-likeness (QED) is 0.638. The first-order valence-electron chi connectivity index (χ1n) is 7.80. The Morgan fingerprint density at radius 3 is 1.69 bits per heavy atom. The predicted octanol–water partition coefficient (Wildman–Crippen LogP) is 2.19. The molecule has 29 heavy (non-hydrogen) atoms. The Labute approximate surface area is 172 Å². The van der Waals surface area contributed by atoms with Gasteiger partial charge in [0.25, 0.3) is 0 Å². The summed E-state index contributed by atoms with van der Waals surface area (Å²) in [6.45, 7) is 3.45. The molecule has 0 radical (unpaired) electrons. The van der Waals surface area contributed by atoms with E-state index in [-0.39, 0.29) is 5.75 Å². The Morgan fingerprint density at radius 1 is 0.862 bits per heavy atom. The predicted molar refractivity (Wildman–Crippen MR) is 114 cm³/mol. The van der Waals surface area contributed by atoms with Crippen molar-refractivity contribution in [3.05, 3.63) is 23.3 Å². The van der Waals surface area contributed by atoms with Crippen LogP contribution < -0.4 is 4.74 Å². The second-order valence-corrected chi connectivity index (χ2v) is 4.52. The third-order valence-electron chi connectivity index (χ3n) is 2.64. The average Bonchev–Trinajstić information content (AvgIpc) is 2.72. The number of aldehydes is 1. The van der Waals surface area contributed by atoms with Gasteiger partial charge in [0.05, 0.1) is 7.11 Å². The third kappa shape index (κ3) is 12.0. The summed E-state index contributed by atoms with van der Waals surface area (Å²) in [6, 6.07) is 3.01. The molecule has 1 aromatic carbocycles. The number of aromatic hydroxyl groups is 1. The van der Waals surface area contributed by atoms with Gasteiger partial charge in [-0.1, -0.05) is 5.92 Å². The fourth-order valence-electron chi connectivity index (χ4n) is 1.42. The molecule has 1 rings (SSSR count). The minimum absolute atomic E-state index is 0.0561. The summed E-state index contributed by atoms with van der Waals surface area (Å²) in [6.07, 6.45) is 5.62. The van der Waals surface area contributed by atoms with Crippen molar-refractivity contribution in [2.45, 2.75) is 13.8 Å². The Morgan fingerprint density at radius 2 is 1.31 bits per heavy atom. The monoisotopic (exact) mass is 374 g/mol. The highest BCUT2D eigenvalue weighted by molar-refractivity contribution is 5.78. The minimum Gasteiger partial charge on any atom is -0.504 e. The van der Waals surface area contributed by atoms with E-state index < -0.39 is 0 Å². The van der Waals surface area contributed by atoms with Gasteiger partial charge in [-0.3, -0.25) is 4.79 Å². The average molecular weight is 374 g/mol. The first kappa shape index (κ1) is 24.0. The maximum absolute atomic E-state index is 10.5. The molecule has 3 nitrogen and oxygen atoms in total. The number of rotatable bonds is 2. The fraction of sp³-hybridized carbons (Fsp3) is 0.115. The van der Waals surface area contributed by atoms with Crippen LogP contribution in [0.25, 0.3) is 0 Å². The Balaban J connectivity index is 0.000000571. The van der Waals surface area contributed by atoms with E-state index in [9.17, 15) is 9.90 Å². The molecule has 0 amide bonds. The molecule has 0 fully saturated rings. The lowest BCUT2D eigenvalue weighted by Crippen LogP contribution is -1.90. The van der Waals surface area contributed by atoms with Crippen LogP contribution in [0.1, 0.15) is 22.8 Å². The molecule has 1 N–H and O–H groups in total. The van der Waals surface area contributed by atoms with Crippen molar-refractivity contribution in [1.29, 1.82) is 0 Å². The lowest BCUT2D eigenvalue weighted by Gasteiger charge is -2.05. The van der Waals surface area contributed by atoms with Crippen LogP contribution in [0.15, 0.2) is 12.1 Å². The summed E-state index contributed by atoms with van der Waals surface area (Å²) in [5, 5.41) is 9.27. The molecule has 0 bridgehead atoms. The zero-order chi connectivity index (χ0) is 21.7. The van der Waals surface area contributed by atoms with Gasteiger partial charge in [-0.15, -0.1) is 6.42 Å². The van der Waals surface area contributed by atoms with Gasteiger partial charge < -0.3 is 9.84 Å². The number of carbonyl (C=O) groups excluding carboxylic acids is 1. The summed E-state index contributed by atoms with van der Waals surface area (Å²) < 4.78 is 4.83. The number of terminal acetylenes is 1. The number of carbonyl (C=O) groups is 1. The third-order valence-corrected chi connectivity index (χ3v) is 2.64. The van der Waals surface area contributed by atoms with E-state index in [0.29, 0.717) is 11.3 Å². The second-order valence-electron chi connectivity index (χ2n) is 4.52. The minimum atomic E-state index is 0.0561.